The highest BCUT2D eigenvalue weighted by molar-refractivity contribution is 7.89. The van der Waals surface area contributed by atoms with Gasteiger partial charge in [0.2, 0.25) is 10.0 Å². The minimum absolute atomic E-state index is 0.254. The largest absolute Gasteiger partial charge is 0.497 e. The topological polar surface area (TPSA) is 46.6 Å². The second-order valence-corrected chi connectivity index (χ2v) is 8.04. The van der Waals surface area contributed by atoms with E-state index in [0.717, 1.165) is 37.0 Å². The zero-order valence-corrected chi connectivity index (χ0v) is 15.0. The molecule has 134 valence electrons. The van der Waals surface area contributed by atoms with Crippen molar-refractivity contribution in [3.05, 3.63) is 59.9 Å². The van der Waals surface area contributed by atoms with Crippen molar-refractivity contribution in [3.8, 4) is 5.75 Å². The van der Waals surface area contributed by atoms with Crippen molar-refractivity contribution >= 4 is 10.0 Å². The van der Waals surface area contributed by atoms with Crippen LogP contribution in [0.1, 0.15) is 37.3 Å². The monoisotopic (exact) mass is 363 g/mol. The highest BCUT2D eigenvalue weighted by Gasteiger charge is 2.34. The first kappa shape index (κ1) is 17.9. The van der Waals surface area contributed by atoms with Gasteiger partial charge in [0.15, 0.2) is 0 Å². The molecule has 1 heterocycles. The Bertz CT molecular complexity index is 821. The van der Waals surface area contributed by atoms with Gasteiger partial charge in [0, 0.05) is 6.54 Å². The molecule has 0 aromatic heterocycles. The molecule has 0 bridgehead atoms. The summed E-state index contributed by atoms with van der Waals surface area (Å²) < 4.78 is 47.0. The summed E-state index contributed by atoms with van der Waals surface area (Å²) in [6, 6.07) is 12.7. The van der Waals surface area contributed by atoms with Gasteiger partial charge in [-0.05, 0) is 42.7 Å². The molecule has 1 atom stereocenters. The fraction of sp³-hybridized carbons (Fsp3) is 0.368. The second-order valence-electron chi connectivity index (χ2n) is 6.18. The fourth-order valence-electron chi connectivity index (χ4n) is 3.31. The molecule has 0 saturated carbocycles. The van der Waals surface area contributed by atoms with E-state index in [4.69, 9.17) is 4.74 Å². The van der Waals surface area contributed by atoms with E-state index in [-0.39, 0.29) is 10.9 Å². The van der Waals surface area contributed by atoms with Crippen molar-refractivity contribution < 1.29 is 17.5 Å². The summed E-state index contributed by atoms with van der Waals surface area (Å²) in [6.45, 7) is 0.396. The van der Waals surface area contributed by atoms with E-state index in [9.17, 15) is 12.8 Å². The molecule has 6 heteroatoms. The molecule has 0 unspecified atom stereocenters. The Hall–Kier alpha value is -1.92. The summed E-state index contributed by atoms with van der Waals surface area (Å²) in [5.41, 5.74) is 0.905. The highest BCUT2D eigenvalue weighted by Crippen LogP contribution is 2.35. The quantitative estimate of drug-likeness (QED) is 0.820. The summed E-state index contributed by atoms with van der Waals surface area (Å²) in [5.74, 6) is 0.0149. The van der Waals surface area contributed by atoms with E-state index in [2.05, 4.69) is 0 Å². The van der Waals surface area contributed by atoms with Crippen molar-refractivity contribution in [2.24, 2.45) is 0 Å². The maximum Gasteiger partial charge on any atom is 0.246 e. The van der Waals surface area contributed by atoms with Crippen LogP contribution in [0.15, 0.2) is 53.4 Å². The van der Waals surface area contributed by atoms with Gasteiger partial charge in [0.05, 0.1) is 13.2 Å². The number of methoxy groups -OCH3 is 1. The summed E-state index contributed by atoms with van der Waals surface area (Å²) in [6.07, 6.45) is 3.41. The molecule has 0 spiro atoms. The molecule has 1 fully saturated rings. The van der Waals surface area contributed by atoms with E-state index in [1.807, 2.05) is 24.3 Å². The van der Waals surface area contributed by atoms with Crippen LogP contribution in [0.3, 0.4) is 0 Å². The van der Waals surface area contributed by atoms with Gasteiger partial charge in [-0.25, -0.2) is 12.8 Å². The number of sulfonamides is 1. The third-order valence-electron chi connectivity index (χ3n) is 4.63. The van der Waals surface area contributed by atoms with Gasteiger partial charge < -0.3 is 4.74 Å². The van der Waals surface area contributed by atoms with Gasteiger partial charge in [-0.15, -0.1) is 0 Å². The van der Waals surface area contributed by atoms with Gasteiger partial charge in [-0.2, -0.15) is 4.31 Å². The number of hydrogen-bond acceptors (Lipinski definition) is 3. The Kier molecular flexibility index (Phi) is 5.39. The second kappa shape index (κ2) is 7.54. The van der Waals surface area contributed by atoms with Crippen LogP contribution in [0.2, 0.25) is 0 Å². The van der Waals surface area contributed by atoms with Crippen molar-refractivity contribution in [2.75, 3.05) is 13.7 Å². The smallest absolute Gasteiger partial charge is 0.246 e. The molecule has 0 aliphatic carbocycles. The number of ether oxygens (including phenoxy) is 1. The van der Waals surface area contributed by atoms with E-state index in [1.165, 1.54) is 22.5 Å². The fourth-order valence-corrected chi connectivity index (χ4v) is 5.06. The summed E-state index contributed by atoms with van der Waals surface area (Å²) in [7, 11) is -2.31. The van der Waals surface area contributed by atoms with Gasteiger partial charge in [0.25, 0.3) is 0 Å². The minimum atomic E-state index is -3.90. The number of hydrogen-bond donors (Lipinski definition) is 0. The maximum atomic E-state index is 14.1. The van der Waals surface area contributed by atoms with Crippen molar-refractivity contribution in [1.29, 1.82) is 0 Å². The van der Waals surface area contributed by atoms with Crippen LogP contribution < -0.4 is 4.74 Å². The zero-order chi connectivity index (χ0) is 17.9. The van der Waals surface area contributed by atoms with Crippen molar-refractivity contribution in [3.63, 3.8) is 0 Å². The number of halogens is 1. The lowest BCUT2D eigenvalue weighted by molar-refractivity contribution is 0.327. The molecule has 25 heavy (non-hydrogen) atoms. The molecule has 2 aromatic carbocycles. The molecular weight excluding hydrogens is 341 g/mol. The van der Waals surface area contributed by atoms with Crippen LogP contribution in [0.5, 0.6) is 5.75 Å². The minimum Gasteiger partial charge on any atom is -0.497 e. The van der Waals surface area contributed by atoms with E-state index in [1.54, 1.807) is 13.2 Å². The zero-order valence-electron chi connectivity index (χ0n) is 14.2. The Labute approximate surface area is 148 Å². The first-order chi connectivity index (χ1) is 12.0. The van der Waals surface area contributed by atoms with Gasteiger partial charge in [-0.1, -0.05) is 37.1 Å². The van der Waals surface area contributed by atoms with Crippen LogP contribution >= 0.6 is 0 Å². The Morgan fingerprint density at radius 2 is 1.76 bits per heavy atom. The average Bonchev–Trinajstić information content (AvgIpc) is 2.88. The molecule has 0 N–H and O–H groups in total. The third-order valence-corrected chi connectivity index (χ3v) is 6.57. The molecule has 2 aromatic rings. The van der Waals surface area contributed by atoms with Gasteiger partial charge >= 0.3 is 0 Å². The van der Waals surface area contributed by atoms with Gasteiger partial charge in [0.1, 0.15) is 16.5 Å². The molecule has 0 amide bonds. The van der Waals surface area contributed by atoms with E-state index < -0.39 is 15.8 Å². The lowest BCUT2D eigenvalue weighted by Gasteiger charge is -2.29. The van der Waals surface area contributed by atoms with E-state index in [0.29, 0.717) is 6.54 Å². The highest BCUT2D eigenvalue weighted by atomic mass is 32.2. The molecular formula is C19H22FNO3S. The molecule has 1 saturated heterocycles. The van der Waals surface area contributed by atoms with Crippen LogP contribution in [0.4, 0.5) is 4.39 Å². The normalized spacial score (nSPS) is 19.4. The third kappa shape index (κ3) is 3.70. The molecule has 1 aliphatic rings. The number of rotatable bonds is 4. The molecule has 3 rings (SSSR count). The molecule has 1 aliphatic heterocycles. The predicted octanol–water partition coefficient (Wildman–Crippen LogP) is 4.14. The van der Waals surface area contributed by atoms with Crippen LogP contribution in [-0.4, -0.2) is 26.4 Å². The number of benzene rings is 2. The standard InChI is InChI=1S/C19H22FNO3S/c1-24-16-12-10-15(11-13-16)18-8-3-2-6-14-21(18)25(22,23)19-9-5-4-7-17(19)20/h4-5,7,9-13,18H,2-3,6,8,14H2,1H3/t18-/m0/s1. The van der Waals surface area contributed by atoms with Gasteiger partial charge in [-0.3, -0.25) is 0 Å². The predicted molar refractivity (Wildman–Crippen MR) is 94.5 cm³/mol. The summed E-state index contributed by atoms with van der Waals surface area (Å²) >= 11 is 0. The summed E-state index contributed by atoms with van der Waals surface area (Å²) in [5, 5.41) is 0. The van der Waals surface area contributed by atoms with Crippen molar-refractivity contribution in [1.82, 2.24) is 4.31 Å². The molecule has 4 nitrogen and oxygen atoms in total. The summed E-state index contributed by atoms with van der Waals surface area (Å²) in [4.78, 5) is -0.254. The average molecular weight is 363 g/mol. The van der Waals surface area contributed by atoms with Crippen LogP contribution in [0.25, 0.3) is 0 Å². The van der Waals surface area contributed by atoms with Crippen LogP contribution in [-0.2, 0) is 10.0 Å². The van der Waals surface area contributed by atoms with Crippen molar-refractivity contribution in [2.45, 2.75) is 36.6 Å². The lowest BCUT2D eigenvalue weighted by Crippen LogP contribution is -2.35. The maximum absolute atomic E-state index is 14.1. The Balaban J connectivity index is 2.01. The molecule has 0 radical (unpaired) electrons. The Morgan fingerprint density at radius 1 is 1.04 bits per heavy atom. The first-order valence-electron chi connectivity index (χ1n) is 8.44. The first-order valence-corrected chi connectivity index (χ1v) is 9.88. The van der Waals surface area contributed by atoms with E-state index >= 15 is 0 Å². The lowest BCUT2D eigenvalue weighted by atomic mass is 10.0. The van der Waals surface area contributed by atoms with Crippen LogP contribution in [0, 0.1) is 5.82 Å². The number of nitrogens with zero attached hydrogens (tertiary/aromatic N) is 1. The Morgan fingerprint density at radius 3 is 2.44 bits per heavy atom. The SMILES string of the molecule is COc1ccc([C@@H]2CCCCCN2S(=O)(=O)c2ccccc2F)cc1.